The summed E-state index contributed by atoms with van der Waals surface area (Å²) in [7, 11) is 0. The summed E-state index contributed by atoms with van der Waals surface area (Å²) in [6.45, 7) is 1.95. The zero-order chi connectivity index (χ0) is 9.15. The Morgan fingerprint density at radius 3 is 2.46 bits per heavy atom. The fourth-order valence-electron chi connectivity index (χ4n) is 2.22. The average molecular weight is 183 g/mol. The van der Waals surface area contributed by atoms with E-state index in [0.29, 0.717) is 0 Å². The molecule has 0 atom stereocenters. The first-order valence-corrected chi connectivity index (χ1v) is 5.72. The quantitative estimate of drug-likeness (QED) is 0.695. The van der Waals surface area contributed by atoms with Gasteiger partial charge in [0, 0.05) is 6.54 Å². The van der Waals surface area contributed by atoms with Crippen LogP contribution in [0.3, 0.4) is 0 Å². The van der Waals surface area contributed by atoms with E-state index in [2.05, 4.69) is 5.32 Å². The van der Waals surface area contributed by atoms with Gasteiger partial charge in [0.1, 0.15) is 0 Å². The van der Waals surface area contributed by atoms with E-state index in [1.54, 1.807) is 0 Å². The van der Waals surface area contributed by atoms with Crippen LogP contribution >= 0.6 is 0 Å². The number of rotatable bonds is 4. The first-order valence-electron chi connectivity index (χ1n) is 5.72. The molecule has 2 heteroatoms. The Morgan fingerprint density at radius 1 is 1.15 bits per heavy atom. The average Bonchev–Trinajstić information content (AvgIpc) is 2.89. The number of nitrogens with one attached hydrogen (secondary N) is 1. The van der Waals surface area contributed by atoms with Gasteiger partial charge in [-0.15, -0.1) is 0 Å². The van der Waals surface area contributed by atoms with Crippen LogP contribution in [0.1, 0.15) is 44.9 Å². The molecule has 2 N–H and O–H groups in total. The van der Waals surface area contributed by atoms with Crippen LogP contribution in [0.5, 0.6) is 0 Å². The van der Waals surface area contributed by atoms with E-state index in [0.717, 1.165) is 31.8 Å². The van der Waals surface area contributed by atoms with Crippen molar-refractivity contribution < 1.29 is 5.11 Å². The van der Waals surface area contributed by atoms with E-state index in [1.165, 1.54) is 32.1 Å². The van der Waals surface area contributed by atoms with Crippen molar-refractivity contribution in [3.05, 3.63) is 0 Å². The van der Waals surface area contributed by atoms with Crippen molar-refractivity contribution in [1.29, 1.82) is 0 Å². The summed E-state index contributed by atoms with van der Waals surface area (Å²) in [5, 5.41) is 13.5. The number of hydrogen-bond donors (Lipinski definition) is 2. The van der Waals surface area contributed by atoms with E-state index < -0.39 is 0 Å². The molecule has 0 spiro atoms. The molecule has 0 heterocycles. The van der Waals surface area contributed by atoms with Crippen LogP contribution in [-0.4, -0.2) is 23.8 Å². The minimum absolute atomic E-state index is 0.368. The van der Waals surface area contributed by atoms with E-state index in [4.69, 9.17) is 0 Å². The van der Waals surface area contributed by atoms with E-state index >= 15 is 0 Å². The lowest BCUT2D eigenvalue weighted by atomic mass is 9.85. The predicted molar refractivity (Wildman–Crippen MR) is 53.6 cm³/mol. The van der Waals surface area contributed by atoms with Crippen molar-refractivity contribution in [2.45, 2.75) is 50.5 Å². The maximum atomic E-state index is 10.1. The van der Waals surface area contributed by atoms with Crippen molar-refractivity contribution >= 4 is 0 Å². The summed E-state index contributed by atoms with van der Waals surface area (Å²) in [6.07, 6.45) is 8.53. The van der Waals surface area contributed by atoms with Gasteiger partial charge in [0.15, 0.2) is 0 Å². The maximum Gasteiger partial charge on any atom is 0.0771 e. The van der Waals surface area contributed by atoms with Gasteiger partial charge in [0.25, 0.3) is 0 Å². The molecular formula is C11H21NO. The molecule has 0 amide bonds. The third-order valence-corrected chi connectivity index (χ3v) is 3.37. The molecular weight excluding hydrogens is 162 g/mol. The monoisotopic (exact) mass is 183 g/mol. The summed E-state index contributed by atoms with van der Waals surface area (Å²) in [5.74, 6) is 0.923. The van der Waals surface area contributed by atoms with Crippen LogP contribution < -0.4 is 5.32 Å². The van der Waals surface area contributed by atoms with Crippen LogP contribution in [-0.2, 0) is 0 Å². The normalized spacial score (nSPS) is 27.5. The van der Waals surface area contributed by atoms with Crippen LogP contribution in [0, 0.1) is 5.92 Å². The first kappa shape index (κ1) is 9.47. The highest BCUT2D eigenvalue weighted by molar-refractivity contribution is 4.85. The van der Waals surface area contributed by atoms with Crippen molar-refractivity contribution in [2.75, 3.05) is 13.1 Å². The van der Waals surface area contributed by atoms with Gasteiger partial charge in [-0.3, -0.25) is 0 Å². The van der Waals surface area contributed by atoms with Crippen molar-refractivity contribution in [3.63, 3.8) is 0 Å². The predicted octanol–water partition coefficient (Wildman–Crippen LogP) is 1.68. The summed E-state index contributed by atoms with van der Waals surface area (Å²) in [4.78, 5) is 0. The molecule has 0 aromatic rings. The third-order valence-electron chi connectivity index (χ3n) is 3.37. The standard InChI is InChI=1S/C11H21NO/c13-11(6-2-1-3-7-11)9-12-8-10-4-5-10/h10,12-13H,1-9H2. The molecule has 0 aromatic carbocycles. The lowest BCUT2D eigenvalue weighted by Crippen LogP contribution is -2.42. The van der Waals surface area contributed by atoms with Crippen LogP contribution in [0.4, 0.5) is 0 Å². The molecule has 2 aliphatic carbocycles. The van der Waals surface area contributed by atoms with Gasteiger partial charge in [-0.1, -0.05) is 19.3 Å². The molecule has 13 heavy (non-hydrogen) atoms. The first-order chi connectivity index (χ1) is 6.29. The maximum absolute atomic E-state index is 10.1. The molecule has 0 saturated heterocycles. The van der Waals surface area contributed by atoms with Crippen LogP contribution in [0.2, 0.25) is 0 Å². The van der Waals surface area contributed by atoms with E-state index in [9.17, 15) is 5.11 Å². The molecule has 76 valence electrons. The second kappa shape index (κ2) is 3.97. The Hall–Kier alpha value is -0.0800. The minimum atomic E-state index is -0.368. The summed E-state index contributed by atoms with van der Waals surface area (Å²) in [5.41, 5.74) is -0.368. The zero-order valence-electron chi connectivity index (χ0n) is 8.39. The molecule has 2 saturated carbocycles. The largest absolute Gasteiger partial charge is 0.389 e. The second-order valence-electron chi connectivity index (χ2n) is 4.86. The van der Waals surface area contributed by atoms with Crippen molar-refractivity contribution in [2.24, 2.45) is 5.92 Å². The Morgan fingerprint density at radius 2 is 1.85 bits per heavy atom. The summed E-state index contributed by atoms with van der Waals surface area (Å²) in [6, 6.07) is 0. The SMILES string of the molecule is OC1(CNCC2CC2)CCCCC1. The summed E-state index contributed by atoms with van der Waals surface area (Å²) < 4.78 is 0. The fourth-order valence-corrected chi connectivity index (χ4v) is 2.22. The molecule has 2 nitrogen and oxygen atoms in total. The molecule has 2 fully saturated rings. The van der Waals surface area contributed by atoms with Crippen LogP contribution in [0.15, 0.2) is 0 Å². The van der Waals surface area contributed by atoms with Gasteiger partial charge in [0.2, 0.25) is 0 Å². The van der Waals surface area contributed by atoms with E-state index in [1.807, 2.05) is 0 Å². The topological polar surface area (TPSA) is 32.3 Å². The van der Waals surface area contributed by atoms with Gasteiger partial charge >= 0.3 is 0 Å². The molecule has 2 rings (SSSR count). The van der Waals surface area contributed by atoms with Gasteiger partial charge in [0.05, 0.1) is 5.60 Å². The fraction of sp³-hybridized carbons (Fsp3) is 1.00. The highest BCUT2D eigenvalue weighted by Gasteiger charge is 2.29. The molecule has 0 aromatic heterocycles. The van der Waals surface area contributed by atoms with Gasteiger partial charge in [-0.2, -0.15) is 0 Å². The molecule has 0 bridgehead atoms. The zero-order valence-corrected chi connectivity index (χ0v) is 8.39. The minimum Gasteiger partial charge on any atom is -0.389 e. The Labute approximate surface area is 80.7 Å². The lowest BCUT2D eigenvalue weighted by Gasteiger charge is -2.32. The van der Waals surface area contributed by atoms with Gasteiger partial charge < -0.3 is 10.4 Å². The van der Waals surface area contributed by atoms with Crippen molar-refractivity contribution in [3.8, 4) is 0 Å². The smallest absolute Gasteiger partial charge is 0.0771 e. The number of hydrogen-bond acceptors (Lipinski definition) is 2. The molecule has 0 radical (unpaired) electrons. The lowest BCUT2D eigenvalue weighted by molar-refractivity contribution is 0.00489. The second-order valence-corrected chi connectivity index (χ2v) is 4.86. The highest BCUT2D eigenvalue weighted by atomic mass is 16.3. The number of aliphatic hydroxyl groups is 1. The molecule has 0 aliphatic heterocycles. The van der Waals surface area contributed by atoms with Crippen molar-refractivity contribution in [1.82, 2.24) is 5.32 Å². The highest BCUT2D eigenvalue weighted by Crippen LogP contribution is 2.29. The Bertz CT molecular complexity index is 159. The Kier molecular flexibility index (Phi) is 2.89. The summed E-state index contributed by atoms with van der Waals surface area (Å²) >= 11 is 0. The third kappa shape index (κ3) is 2.96. The van der Waals surface area contributed by atoms with Gasteiger partial charge in [-0.05, 0) is 38.1 Å². The van der Waals surface area contributed by atoms with Gasteiger partial charge in [-0.25, -0.2) is 0 Å². The molecule has 0 unspecified atom stereocenters. The molecule has 2 aliphatic rings. The van der Waals surface area contributed by atoms with E-state index in [-0.39, 0.29) is 5.60 Å². The van der Waals surface area contributed by atoms with Crippen LogP contribution in [0.25, 0.3) is 0 Å². The Balaban J connectivity index is 1.64.